The Morgan fingerprint density at radius 2 is 1.60 bits per heavy atom. The van der Waals surface area contributed by atoms with E-state index in [0.29, 0.717) is 12.2 Å². The monoisotopic (exact) mass is 465 g/mol. The summed E-state index contributed by atoms with van der Waals surface area (Å²) in [5, 5.41) is 16.5. The summed E-state index contributed by atoms with van der Waals surface area (Å²) >= 11 is 5.37. The summed E-state index contributed by atoms with van der Waals surface area (Å²) in [5.74, 6) is -2.67. The van der Waals surface area contributed by atoms with Crippen LogP contribution in [0.15, 0.2) is 4.99 Å². The van der Waals surface area contributed by atoms with Crippen molar-refractivity contribution in [2.75, 3.05) is 30.9 Å². The molecule has 0 bridgehead atoms. The number of carboxylic acids is 1. The lowest BCUT2D eigenvalue weighted by Crippen LogP contribution is -2.56. The van der Waals surface area contributed by atoms with Crippen molar-refractivity contribution in [3.8, 4) is 0 Å². The van der Waals surface area contributed by atoms with E-state index in [0.717, 1.165) is 0 Å². The van der Waals surface area contributed by atoms with Gasteiger partial charge in [0.25, 0.3) is 0 Å². The number of nitrogens with zero attached hydrogens (tertiary/aromatic N) is 1. The van der Waals surface area contributed by atoms with Gasteiger partial charge in [0.1, 0.15) is 18.1 Å². The van der Waals surface area contributed by atoms with Crippen LogP contribution in [0, 0.1) is 0 Å². The van der Waals surface area contributed by atoms with Gasteiger partial charge in [-0.1, -0.05) is 0 Å². The first-order valence-corrected chi connectivity index (χ1v) is 11.2. The van der Waals surface area contributed by atoms with Crippen molar-refractivity contribution in [2.24, 2.45) is 22.2 Å². The topological polar surface area (TPSA) is 215 Å². The average molecular weight is 466 g/mol. The molecule has 3 unspecified atom stereocenters. The molecule has 0 rings (SSSR count). The zero-order valence-corrected chi connectivity index (χ0v) is 18.5. The number of carboxylic acid groups (broad SMARTS) is 1. The number of thiol groups is 1. The van der Waals surface area contributed by atoms with Crippen LogP contribution in [0.5, 0.6) is 0 Å². The molecular weight excluding hydrogens is 434 g/mol. The normalized spacial score (nSPS) is 13.4. The first-order chi connectivity index (χ1) is 14.2. The van der Waals surface area contributed by atoms with Crippen molar-refractivity contribution in [3.05, 3.63) is 0 Å². The van der Waals surface area contributed by atoms with Gasteiger partial charge < -0.3 is 38.3 Å². The highest BCUT2D eigenvalue weighted by atomic mass is 32.2. The Morgan fingerprint density at radius 1 is 1.03 bits per heavy atom. The summed E-state index contributed by atoms with van der Waals surface area (Å²) in [7, 11) is 0. The molecule has 10 N–H and O–H groups in total. The number of hydrogen-bond donors (Lipinski definition) is 8. The van der Waals surface area contributed by atoms with E-state index in [1.165, 1.54) is 11.8 Å². The molecule has 0 aromatic heterocycles. The number of nitrogens with one attached hydrogen (secondary N) is 3. The van der Waals surface area contributed by atoms with Crippen molar-refractivity contribution < 1.29 is 24.3 Å². The molecule has 0 heterocycles. The van der Waals surface area contributed by atoms with Gasteiger partial charge in [-0.3, -0.25) is 19.4 Å². The number of amides is 3. The van der Waals surface area contributed by atoms with Gasteiger partial charge in [0.15, 0.2) is 5.96 Å². The fourth-order valence-corrected chi connectivity index (χ4v) is 2.98. The molecule has 0 saturated carbocycles. The second-order valence-electron chi connectivity index (χ2n) is 6.20. The van der Waals surface area contributed by atoms with Gasteiger partial charge in [0.2, 0.25) is 17.7 Å². The van der Waals surface area contributed by atoms with Crippen LogP contribution in [0.1, 0.15) is 19.3 Å². The van der Waals surface area contributed by atoms with E-state index in [1.807, 2.05) is 6.26 Å². The number of aliphatic imine (C=N–C) groups is 1. The molecule has 3 amide bonds. The predicted octanol–water partition coefficient (Wildman–Crippen LogP) is -2.78. The molecule has 0 aliphatic heterocycles. The summed E-state index contributed by atoms with van der Waals surface area (Å²) in [5.41, 5.74) is 15.8. The third-order valence-electron chi connectivity index (χ3n) is 3.82. The summed E-state index contributed by atoms with van der Waals surface area (Å²) in [4.78, 5) is 51.9. The highest BCUT2D eigenvalue weighted by Gasteiger charge is 2.28. The van der Waals surface area contributed by atoms with Crippen molar-refractivity contribution in [3.63, 3.8) is 0 Å². The zero-order valence-electron chi connectivity index (χ0n) is 16.8. The van der Waals surface area contributed by atoms with Crippen LogP contribution in [-0.2, 0) is 19.2 Å². The van der Waals surface area contributed by atoms with Crippen LogP contribution in [0.4, 0.5) is 0 Å². The smallest absolute Gasteiger partial charge is 0.327 e. The molecule has 172 valence electrons. The Labute approximate surface area is 184 Å². The maximum Gasteiger partial charge on any atom is 0.327 e. The molecule has 0 aromatic rings. The maximum atomic E-state index is 12.7. The number of guanidine groups is 1. The molecule has 0 radical (unpaired) electrons. The molecule has 14 heteroatoms. The molecule has 12 nitrogen and oxygen atoms in total. The standard InChI is InChI=1S/C16H31N7O5S2/c1-30-6-4-10(14(26)23-11(8-29)15(27)28)22-13(25)9(21-12(24)7-17)3-2-5-20-16(18)19/h9-11,29H,2-8,17H2,1H3,(H,21,24)(H,22,25)(H,23,26)(H,27,28)(H4,18,19,20). The van der Waals surface area contributed by atoms with Crippen LogP contribution < -0.4 is 33.2 Å². The molecule has 0 saturated heterocycles. The second-order valence-corrected chi connectivity index (χ2v) is 7.55. The van der Waals surface area contributed by atoms with Gasteiger partial charge in [-0.2, -0.15) is 24.4 Å². The minimum atomic E-state index is -1.24. The van der Waals surface area contributed by atoms with Gasteiger partial charge in [-0.25, -0.2) is 4.79 Å². The minimum Gasteiger partial charge on any atom is -0.480 e. The molecule has 3 atom stereocenters. The van der Waals surface area contributed by atoms with Crippen LogP contribution in [0.3, 0.4) is 0 Å². The number of carbonyl (C=O) groups is 4. The quantitative estimate of drug-likeness (QED) is 0.0542. The van der Waals surface area contributed by atoms with E-state index in [4.69, 9.17) is 22.3 Å². The molecule has 0 spiro atoms. The molecule has 0 aromatic carbocycles. The van der Waals surface area contributed by atoms with E-state index >= 15 is 0 Å². The first kappa shape index (κ1) is 27.8. The Kier molecular flexibility index (Phi) is 14.5. The summed E-state index contributed by atoms with van der Waals surface area (Å²) < 4.78 is 0. The summed E-state index contributed by atoms with van der Waals surface area (Å²) in [6.07, 6.45) is 2.70. The van der Waals surface area contributed by atoms with Crippen molar-refractivity contribution >= 4 is 54.0 Å². The predicted molar refractivity (Wildman–Crippen MR) is 119 cm³/mol. The number of carbonyl (C=O) groups excluding carboxylic acids is 3. The van der Waals surface area contributed by atoms with Crippen LogP contribution in [-0.4, -0.2) is 83.7 Å². The second kappa shape index (κ2) is 15.6. The number of aliphatic carboxylic acids is 1. The SMILES string of the molecule is CSCCC(NC(=O)C(CCCN=C(N)N)NC(=O)CN)C(=O)NC(CS)C(=O)O. The van der Waals surface area contributed by atoms with Gasteiger partial charge in [0, 0.05) is 12.3 Å². The highest BCUT2D eigenvalue weighted by Crippen LogP contribution is 2.05. The lowest BCUT2D eigenvalue weighted by Gasteiger charge is -2.24. The summed E-state index contributed by atoms with van der Waals surface area (Å²) in [6.45, 7) is -0.0560. The van der Waals surface area contributed by atoms with Crippen molar-refractivity contribution in [1.82, 2.24) is 16.0 Å². The zero-order chi connectivity index (χ0) is 23.1. The van der Waals surface area contributed by atoms with E-state index in [-0.39, 0.29) is 37.6 Å². The first-order valence-electron chi connectivity index (χ1n) is 9.14. The Balaban J connectivity index is 5.22. The fraction of sp³-hybridized carbons (Fsp3) is 0.688. The molecule has 0 fully saturated rings. The Morgan fingerprint density at radius 3 is 2.07 bits per heavy atom. The van der Waals surface area contributed by atoms with E-state index < -0.39 is 41.8 Å². The number of thioether (sulfide) groups is 1. The van der Waals surface area contributed by atoms with Crippen LogP contribution in [0.25, 0.3) is 0 Å². The molecule has 0 aliphatic carbocycles. The van der Waals surface area contributed by atoms with E-state index in [1.54, 1.807) is 0 Å². The van der Waals surface area contributed by atoms with Gasteiger partial charge in [0.05, 0.1) is 6.54 Å². The van der Waals surface area contributed by atoms with Gasteiger partial charge >= 0.3 is 5.97 Å². The molecular formula is C16H31N7O5S2. The van der Waals surface area contributed by atoms with E-state index in [9.17, 15) is 19.2 Å². The maximum absolute atomic E-state index is 12.7. The van der Waals surface area contributed by atoms with Gasteiger partial charge in [-0.15, -0.1) is 0 Å². The third kappa shape index (κ3) is 11.7. The molecule has 0 aliphatic rings. The largest absolute Gasteiger partial charge is 0.480 e. The third-order valence-corrected chi connectivity index (χ3v) is 4.83. The van der Waals surface area contributed by atoms with Crippen LogP contribution in [0.2, 0.25) is 0 Å². The molecule has 30 heavy (non-hydrogen) atoms. The highest BCUT2D eigenvalue weighted by molar-refractivity contribution is 7.98. The Bertz CT molecular complexity index is 617. The fourth-order valence-electron chi connectivity index (χ4n) is 2.26. The average Bonchev–Trinajstić information content (AvgIpc) is 2.70. The number of nitrogens with two attached hydrogens (primary N) is 3. The van der Waals surface area contributed by atoms with Crippen molar-refractivity contribution in [2.45, 2.75) is 37.4 Å². The van der Waals surface area contributed by atoms with E-state index in [2.05, 4.69) is 33.6 Å². The van der Waals surface area contributed by atoms with Crippen molar-refractivity contribution in [1.29, 1.82) is 0 Å². The minimum absolute atomic E-state index is 0.0898. The summed E-state index contributed by atoms with van der Waals surface area (Å²) in [6, 6.07) is -3.14. The lowest BCUT2D eigenvalue weighted by atomic mass is 10.1. The lowest BCUT2D eigenvalue weighted by molar-refractivity contribution is -0.141. The Hall–Kier alpha value is -2.19. The number of hydrogen-bond acceptors (Lipinski definition) is 8. The number of rotatable bonds is 15. The van der Waals surface area contributed by atoms with Gasteiger partial charge in [-0.05, 0) is 31.3 Å². The van der Waals surface area contributed by atoms with Crippen LogP contribution >= 0.6 is 24.4 Å².